The molecule has 3 heteroatoms. The minimum absolute atomic E-state index is 0.223. The molecule has 0 aliphatic heterocycles. The molecule has 0 fully saturated rings. The van der Waals surface area contributed by atoms with E-state index < -0.39 is 11.6 Å². The van der Waals surface area contributed by atoms with Crippen LogP contribution >= 0.6 is 0 Å². The Morgan fingerprint density at radius 2 is 1.70 bits per heavy atom. The quantitative estimate of drug-likeness (QED) is 0.590. The number of hydrogen-bond donors (Lipinski definition) is 1. The number of rotatable bonds is 0. The fourth-order valence-corrected chi connectivity index (χ4v) is 0.636. The van der Waals surface area contributed by atoms with E-state index in [2.05, 4.69) is 0 Å². The Balaban J connectivity index is 3.28. The fourth-order valence-electron chi connectivity index (χ4n) is 0.636. The molecule has 0 bridgehead atoms. The van der Waals surface area contributed by atoms with Gasteiger partial charge in [0.1, 0.15) is 5.75 Å². The second-order valence-corrected chi connectivity index (χ2v) is 2.05. The van der Waals surface area contributed by atoms with Gasteiger partial charge in [-0.3, -0.25) is 0 Å². The van der Waals surface area contributed by atoms with Crippen molar-refractivity contribution in [1.82, 2.24) is 0 Å². The number of benzene rings is 1. The smallest absolute Gasteiger partial charge is 0.162 e. The molecule has 1 aromatic carbocycles. The Bertz CT molecular complexity index is 208. The van der Waals surface area contributed by atoms with Crippen molar-refractivity contribution < 1.29 is 13.9 Å². The van der Waals surface area contributed by atoms with E-state index in [-0.39, 0.29) is 5.75 Å². The van der Waals surface area contributed by atoms with Crippen LogP contribution in [0.25, 0.3) is 0 Å². The molecule has 1 rings (SSSR count). The number of phenolic OH excluding ortho intramolecular Hbond substituents is 1. The number of aryl methyl sites for hydroxylation is 1. The highest BCUT2D eigenvalue weighted by Gasteiger charge is 2.04. The summed E-state index contributed by atoms with van der Waals surface area (Å²) in [5.74, 6) is -2.18. The monoisotopic (exact) mass is 144 g/mol. The van der Waals surface area contributed by atoms with Crippen molar-refractivity contribution in [1.29, 1.82) is 0 Å². The number of halogens is 2. The van der Waals surface area contributed by atoms with E-state index in [1.54, 1.807) is 0 Å². The lowest BCUT2D eigenvalue weighted by atomic mass is 10.2. The molecule has 0 aliphatic carbocycles. The third-order valence-corrected chi connectivity index (χ3v) is 1.24. The highest BCUT2D eigenvalue weighted by molar-refractivity contribution is 5.31. The SMILES string of the molecule is Cc1cc(F)c(F)cc1O. The van der Waals surface area contributed by atoms with Crippen LogP contribution in [0.15, 0.2) is 12.1 Å². The van der Waals surface area contributed by atoms with Crippen molar-refractivity contribution in [2.45, 2.75) is 6.92 Å². The predicted octanol–water partition coefficient (Wildman–Crippen LogP) is 1.98. The maximum atomic E-state index is 12.3. The summed E-state index contributed by atoms with van der Waals surface area (Å²) in [5.41, 5.74) is 0.332. The van der Waals surface area contributed by atoms with E-state index in [1.165, 1.54) is 6.92 Å². The first-order valence-electron chi connectivity index (χ1n) is 2.76. The minimum Gasteiger partial charge on any atom is -0.508 e. The average molecular weight is 144 g/mol. The Kier molecular flexibility index (Phi) is 1.57. The highest BCUT2D eigenvalue weighted by atomic mass is 19.2. The normalized spacial score (nSPS) is 9.90. The third kappa shape index (κ3) is 1.07. The van der Waals surface area contributed by atoms with Gasteiger partial charge in [0, 0.05) is 6.07 Å². The molecular weight excluding hydrogens is 138 g/mol. The van der Waals surface area contributed by atoms with Gasteiger partial charge >= 0.3 is 0 Å². The Morgan fingerprint density at radius 3 is 2.20 bits per heavy atom. The van der Waals surface area contributed by atoms with E-state index in [0.29, 0.717) is 5.56 Å². The number of phenols is 1. The molecule has 1 aromatic rings. The highest BCUT2D eigenvalue weighted by Crippen LogP contribution is 2.18. The number of aromatic hydroxyl groups is 1. The average Bonchev–Trinajstić information content (AvgIpc) is 1.84. The van der Waals surface area contributed by atoms with Crippen LogP contribution in [0.2, 0.25) is 0 Å². The molecule has 0 aliphatic rings. The molecule has 0 spiro atoms. The summed E-state index contributed by atoms with van der Waals surface area (Å²) >= 11 is 0. The van der Waals surface area contributed by atoms with E-state index in [0.717, 1.165) is 12.1 Å². The molecule has 1 nitrogen and oxygen atoms in total. The van der Waals surface area contributed by atoms with E-state index in [4.69, 9.17) is 5.11 Å². The van der Waals surface area contributed by atoms with Crippen LogP contribution in [0.4, 0.5) is 8.78 Å². The third-order valence-electron chi connectivity index (χ3n) is 1.24. The molecule has 0 saturated carbocycles. The van der Waals surface area contributed by atoms with Crippen LogP contribution in [0.5, 0.6) is 5.75 Å². The van der Waals surface area contributed by atoms with E-state index in [1.807, 2.05) is 0 Å². The largest absolute Gasteiger partial charge is 0.508 e. The standard InChI is InChI=1S/C7H6F2O/c1-4-2-5(8)6(9)3-7(4)10/h2-3,10H,1H3. The molecule has 0 saturated heterocycles. The zero-order valence-corrected chi connectivity index (χ0v) is 5.36. The summed E-state index contributed by atoms with van der Waals surface area (Å²) in [4.78, 5) is 0. The topological polar surface area (TPSA) is 20.2 Å². The summed E-state index contributed by atoms with van der Waals surface area (Å²) in [6, 6.07) is 1.70. The second kappa shape index (κ2) is 2.25. The van der Waals surface area contributed by atoms with Crippen LogP contribution in [0.3, 0.4) is 0 Å². The van der Waals surface area contributed by atoms with Gasteiger partial charge in [-0.05, 0) is 18.6 Å². The molecule has 0 unspecified atom stereocenters. The molecule has 0 atom stereocenters. The van der Waals surface area contributed by atoms with Crippen LogP contribution in [0.1, 0.15) is 5.56 Å². The van der Waals surface area contributed by atoms with Crippen LogP contribution in [-0.2, 0) is 0 Å². The van der Waals surface area contributed by atoms with Crippen molar-refractivity contribution >= 4 is 0 Å². The van der Waals surface area contributed by atoms with Gasteiger partial charge in [0.05, 0.1) is 0 Å². The van der Waals surface area contributed by atoms with Crippen LogP contribution in [-0.4, -0.2) is 5.11 Å². The molecule has 0 heterocycles. The van der Waals surface area contributed by atoms with Gasteiger partial charge in [0.15, 0.2) is 11.6 Å². The lowest BCUT2D eigenvalue weighted by molar-refractivity contribution is 0.450. The van der Waals surface area contributed by atoms with Gasteiger partial charge in [0.2, 0.25) is 0 Å². The maximum Gasteiger partial charge on any atom is 0.162 e. The molecule has 10 heavy (non-hydrogen) atoms. The van der Waals surface area contributed by atoms with Gasteiger partial charge < -0.3 is 5.11 Å². The molecular formula is C7H6F2O. The molecule has 0 radical (unpaired) electrons. The lowest BCUT2D eigenvalue weighted by Crippen LogP contribution is -1.84. The van der Waals surface area contributed by atoms with E-state index in [9.17, 15) is 8.78 Å². The van der Waals surface area contributed by atoms with Crippen molar-refractivity contribution in [3.05, 3.63) is 29.3 Å². The van der Waals surface area contributed by atoms with Gasteiger partial charge in [-0.1, -0.05) is 0 Å². The van der Waals surface area contributed by atoms with Gasteiger partial charge in [-0.15, -0.1) is 0 Å². The van der Waals surface area contributed by atoms with Crippen molar-refractivity contribution in [3.8, 4) is 5.75 Å². The summed E-state index contributed by atoms with van der Waals surface area (Å²) in [7, 11) is 0. The molecule has 0 aromatic heterocycles. The Hall–Kier alpha value is -1.12. The number of hydrogen-bond acceptors (Lipinski definition) is 1. The fraction of sp³-hybridized carbons (Fsp3) is 0.143. The molecule has 54 valence electrons. The molecule has 0 amide bonds. The van der Waals surface area contributed by atoms with Crippen LogP contribution in [0, 0.1) is 18.6 Å². The van der Waals surface area contributed by atoms with Crippen molar-refractivity contribution in [2.24, 2.45) is 0 Å². The first kappa shape index (κ1) is 6.99. The van der Waals surface area contributed by atoms with Gasteiger partial charge in [-0.2, -0.15) is 0 Å². The summed E-state index contributed by atoms with van der Waals surface area (Å²) in [6.07, 6.45) is 0. The predicted molar refractivity (Wildman–Crippen MR) is 32.8 cm³/mol. The Morgan fingerprint density at radius 1 is 1.20 bits per heavy atom. The zero-order valence-electron chi connectivity index (χ0n) is 5.36. The molecule has 1 N–H and O–H groups in total. The maximum absolute atomic E-state index is 12.3. The van der Waals surface area contributed by atoms with Crippen LogP contribution < -0.4 is 0 Å². The van der Waals surface area contributed by atoms with E-state index >= 15 is 0 Å². The second-order valence-electron chi connectivity index (χ2n) is 2.05. The first-order valence-corrected chi connectivity index (χ1v) is 2.76. The zero-order chi connectivity index (χ0) is 7.72. The minimum atomic E-state index is -1.02. The van der Waals surface area contributed by atoms with Crippen molar-refractivity contribution in [3.63, 3.8) is 0 Å². The Labute approximate surface area is 56.9 Å². The first-order chi connectivity index (χ1) is 4.61. The van der Waals surface area contributed by atoms with Crippen molar-refractivity contribution in [2.75, 3.05) is 0 Å². The van der Waals surface area contributed by atoms with Gasteiger partial charge in [-0.25, -0.2) is 8.78 Å². The van der Waals surface area contributed by atoms with Gasteiger partial charge in [0.25, 0.3) is 0 Å². The lowest BCUT2D eigenvalue weighted by Gasteiger charge is -1.97. The summed E-state index contributed by atoms with van der Waals surface area (Å²) < 4.78 is 24.5. The summed E-state index contributed by atoms with van der Waals surface area (Å²) in [5, 5.41) is 8.82. The summed E-state index contributed by atoms with van der Waals surface area (Å²) in [6.45, 7) is 1.50.